The molecule has 1 nitrogen and oxygen atoms in total. The summed E-state index contributed by atoms with van der Waals surface area (Å²) in [7, 11) is 0. The Morgan fingerprint density at radius 3 is 2.31 bits per heavy atom. The Bertz CT molecular complexity index is 454. The maximum Gasteiger partial charge on any atom is 0.0274 e. The molecule has 2 heteroatoms. The zero-order chi connectivity index (χ0) is 11.5. The quantitative estimate of drug-likeness (QED) is 0.849. The molecule has 0 aliphatic heterocycles. The van der Waals surface area contributed by atoms with Crippen molar-refractivity contribution in [2.45, 2.75) is 26.3 Å². The first-order chi connectivity index (χ1) is 7.70. The molecular formula is C14H17NS. The van der Waals surface area contributed by atoms with Gasteiger partial charge in [-0.1, -0.05) is 38.1 Å². The molecule has 0 saturated heterocycles. The van der Waals surface area contributed by atoms with Crippen LogP contribution in [-0.2, 0) is 6.54 Å². The van der Waals surface area contributed by atoms with E-state index in [2.05, 4.69) is 49.6 Å². The van der Waals surface area contributed by atoms with E-state index < -0.39 is 0 Å². The molecule has 2 N–H and O–H groups in total. The van der Waals surface area contributed by atoms with Crippen LogP contribution in [0.4, 0.5) is 0 Å². The molecule has 0 unspecified atom stereocenters. The molecule has 1 heterocycles. The third kappa shape index (κ3) is 2.34. The number of nitrogens with two attached hydrogens (primary N) is 1. The largest absolute Gasteiger partial charge is 0.326 e. The predicted molar refractivity (Wildman–Crippen MR) is 71.7 cm³/mol. The molecule has 0 spiro atoms. The second-order valence-electron chi connectivity index (χ2n) is 4.28. The van der Waals surface area contributed by atoms with Crippen molar-refractivity contribution < 1.29 is 0 Å². The molecular weight excluding hydrogens is 214 g/mol. The first-order valence-corrected chi connectivity index (χ1v) is 6.46. The summed E-state index contributed by atoms with van der Waals surface area (Å²) in [6.07, 6.45) is 0. The van der Waals surface area contributed by atoms with Gasteiger partial charge in [0.15, 0.2) is 0 Å². The van der Waals surface area contributed by atoms with Gasteiger partial charge in [-0.15, -0.1) is 11.3 Å². The van der Waals surface area contributed by atoms with E-state index in [0.717, 1.165) is 0 Å². The molecule has 0 amide bonds. The number of rotatable bonds is 3. The first kappa shape index (κ1) is 11.4. The minimum Gasteiger partial charge on any atom is -0.326 e. The zero-order valence-electron chi connectivity index (χ0n) is 9.73. The van der Waals surface area contributed by atoms with Crippen LogP contribution in [0.1, 0.15) is 30.2 Å². The van der Waals surface area contributed by atoms with Crippen LogP contribution in [0.5, 0.6) is 0 Å². The predicted octanol–water partition coefficient (Wildman–Crippen LogP) is 4.00. The number of hydrogen-bond acceptors (Lipinski definition) is 2. The summed E-state index contributed by atoms with van der Waals surface area (Å²) < 4.78 is 0. The van der Waals surface area contributed by atoms with Crippen molar-refractivity contribution in [1.82, 2.24) is 0 Å². The maximum absolute atomic E-state index is 5.62. The van der Waals surface area contributed by atoms with Gasteiger partial charge in [0.25, 0.3) is 0 Å². The number of benzene rings is 1. The van der Waals surface area contributed by atoms with Gasteiger partial charge >= 0.3 is 0 Å². The van der Waals surface area contributed by atoms with Crippen LogP contribution in [0.25, 0.3) is 11.1 Å². The van der Waals surface area contributed by atoms with Crippen molar-refractivity contribution >= 4 is 11.3 Å². The molecule has 2 aromatic rings. The van der Waals surface area contributed by atoms with Crippen LogP contribution < -0.4 is 5.73 Å². The summed E-state index contributed by atoms with van der Waals surface area (Å²) in [4.78, 5) is 1.24. The van der Waals surface area contributed by atoms with Crippen molar-refractivity contribution in [1.29, 1.82) is 0 Å². The molecule has 84 valence electrons. The SMILES string of the molecule is CC(C)c1ccc(-c2csc(CN)c2)cc1. The molecule has 0 aliphatic rings. The van der Waals surface area contributed by atoms with Gasteiger partial charge < -0.3 is 5.73 Å². The lowest BCUT2D eigenvalue weighted by atomic mass is 10.00. The molecule has 0 atom stereocenters. The minimum absolute atomic E-state index is 0.594. The van der Waals surface area contributed by atoms with E-state index in [1.165, 1.54) is 21.6 Å². The molecule has 0 aliphatic carbocycles. The van der Waals surface area contributed by atoms with Crippen LogP contribution in [0.2, 0.25) is 0 Å². The summed E-state index contributed by atoms with van der Waals surface area (Å²) in [6.45, 7) is 5.06. The van der Waals surface area contributed by atoms with E-state index >= 15 is 0 Å². The topological polar surface area (TPSA) is 26.0 Å². The van der Waals surface area contributed by atoms with E-state index in [1.807, 2.05) is 0 Å². The second kappa shape index (κ2) is 4.81. The highest BCUT2D eigenvalue weighted by Gasteiger charge is 2.03. The molecule has 0 bridgehead atoms. The Labute approximate surface area is 101 Å². The van der Waals surface area contributed by atoms with E-state index in [4.69, 9.17) is 5.73 Å². The molecule has 0 fully saturated rings. The van der Waals surface area contributed by atoms with Crippen LogP contribution in [-0.4, -0.2) is 0 Å². The highest BCUT2D eigenvalue weighted by atomic mass is 32.1. The molecule has 16 heavy (non-hydrogen) atoms. The lowest BCUT2D eigenvalue weighted by Gasteiger charge is -2.05. The smallest absolute Gasteiger partial charge is 0.0274 e. The van der Waals surface area contributed by atoms with Crippen molar-refractivity contribution in [3.05, 3.63) is 46.2 Å². The lowest BCUT2D eigenvalue weighted by molar-refractivity contribution is 0.867. The third-order valence-corrected chi connectivity index (χ3v) is 3.72. The molecule has 1 aromatic heterocycles. The molecule has 2 rings (SSSR count). The van der Waals surface area contributed by atoms with E-state index in [0.29, 0.717) is 12.5 Å². The number of hydrogen-bond donors (Lipinski definition) is 1. The van der Waals surface area contributed by atoms with E-state index in [9.17, 15) is 0 Å². The summed E-state index contributed by atoms with van der Waals surface area (Å²) in [5.74, 6) is 0.594. The lowest BCUT2D eigenvalue weighted by Crippen LogP contribution is -1.91. The van der Waals surface area contributed by atoms with Gasteiger partial charge in [0.1, 0.15) is 0 Å². The van der Waals surface area contributed by atoms with Gasteiger partial charge in [0, 0.05) is 11.4 Å². The van der Waals surface area contributed by atoms with Crippen LogP contribution in [0.3, 0.4) is 0 Å². The van der Waals surface area contributed by atoms with E-state index in [-0.39, 0.29) is 0 Å². The Kier molecular flexibility index (Phi) is 3.42. The highest BCUT2D eigenvalue weighted by Crippen LogP contribution is 2.26. The monoisotopic (exact) mass is 231 g/mol. The van der Waals surface area contributed by atoms with Crippen molar-refractivity contribution in [2.75, 3.05) is 0 Å². The first-order valence-electron chi connectivity index (χ1n) is 5.58. The van der Waals surface area contributed by atoms with Crippen LogP contribution >= 0.6 is 11.3 Å². The second-order valence-corrected chi connectivity index (χ2v) is 5.28. The fourth-order valence-electron chi connectivity index (χ4n) is 1.70. The van der Waals surface area contributed by atoms with Crippen molar-refractivity contribution in [2.24, 2.45) is 5.73 Å². The van der Waals surface area contributed by atoms with E-state index in [1.54, 1.807) is 11.3 Å². The highest BCUT2D eigenvalue weighted by molar-refractivity contribution is 7.10. The average Bonchev–Trinajstić information content (AvgIpc) is 2.77. The van der Waals surface area contributed by atoms with Gasteiger partial charge in [-0.3, -0.25) is 0 Å². The Hall–Kier alpha value is -1.12. The van der Waals surface area contributed by atoms with Gasteiger partial charge in [-0.25, -0.2) is 0 Å². The Balaban J connectivity index is 2.27. The standard InChI is InChI=1S/C14H17NS/c1-10(2)11-3-5-12(6-4-11)13-7-14(8-15)16-9-13/h3-7,9-10H,8,15H2,1-2H3. The van der Waals surface area contributed by atoms with Crippen molar-refractivity contribution in [3.8, 4) is 11.1 Å². The normalized spacial score (nSPS) is 11.0. The summed E-state index contributed by atoms with van der Waals surface area (Å²) >= 11 is 1.73. The fraction of sp³-hybridized carbons (Fsp3) is 0.286. The summed E-state index contributed by atoms with van der Waals surface area (Å²) in [6, 6.07) is 11.0. The number of thiophene rings is 1. The fourth-order valence-corrected chi connectivity index (χ4v) is 2.47. The zero-order valence-corrected chi connectivity index (χ0v) is 10.6. The van der Waals surface area contributed by atoms with Gasteiger partial charge in [-0.2, -0.15) is 0 Å². The van der Waals surface area contributed by atoms with Gasteiger partial charge in [0.05, 0.1) is 0 Å². The van der Waals surface area contributed by atoms with Gasteiger partial charge in [0.2, 0.25) is 0 Å². The van der Waals surface area contributed by atoms with Gasteiger partial charge in [-0.05, 0) is 34.1 Å². The van der Waals surface area contributed by atoms with Crippen molar-refractivity contribution in [3.63, 3.8) is 0 Å². The van der Waals surface area contributed by atoms with Crippen LogP contribution in [0, 0.1) is 0 Å². The molecule has 0 radical (unpaired) electrons. The minimum atomic E-state index is 0.594. The Morgan fingerprint density at radius 1 is 1.12 bits per heavy atom. The Morgan fingerprint density at radius 2 is 1.81 bits per heavy atom. The third-order valence-electron chi connectivity index (χ3n) is 2.77. The molecule has 0 saturated carbocycles. The maximum atomic E-state index is 5.62. The summed E-state index contributed by atoms with van der Waals surface area (Å²) in [5.41, 5.74) is 9.56. The molecule has 1 aromatic carbocycles. The summed E-state index contributed by atoms with van der Waals surface area (Å²) in [5, 5.41) is 2.17. The van der Waals surface area contributed by atoms with Crippen LogP contribution in [0.15, 0.2) is 35.7 Å². The average molecular weight is 231 g/mol.